The minimum Gasteiger partial charge on any atom is -0.497 e. The largest absolute Gasteiger partial charge is 0.497 e. The Labute approximate surface area is 121 Å². The Bertz CT molecular complexity index is 666. The first kappa shape index (κ1) is 15.0. The molecule has 0 saturated carbocycles. The zero-order valence-corrected chi connectivity index (χ0v) is 12.1. The molecule has 0 fully saturated rings. The smallest absolute Gasteiger partial charge is 0.312 e. The molecule has 0 amide bonds. The number of rotatable bonds is 5. The number of aliphatic hydroxyl groups is 1. The maximum atomic E-state index is 11.0. The first-order valence-corrected chi connectivity index (χ1v) is 6.44. The quantitative estimate of drug-likeness (QED) is 0.673. The van der Waals surface area contributed by atoms with E-state index in [4.69, 9.17) is 4.74 Å². The standard InChI is InChI=1S/C14H17N3O4/c1-9-14(17(19)20)10(2)16(15-9)8-13(18)11-5-4-6-12(7-11)21-3/h4-7,13,18H,8H2,1-3H3. The van der Waals surface area contributed by atoms with Gasteiger partial charge in [0.2, 0.25) is 0 Å². The molecule has 0 bridgehead atoms. The molecule has 1 N–H and O–H groups in total. The molecular formula is C14H17N3O4. The van der Waals surface area contributed by atoms with E-state index in [1.54, 1.807) is 45.2 Å². The van der Waals surface area contributed by atoms with Crippen LogP contribution in [0.3, 0.4) is 0 Å². The summed E-state index contributed by atoms with van der Waals surface area (Å²) < 4.78 is 6.57. The Balaban J connectivity index is 2.25. The number of hydrogen-bond acceptors (Lipinski definition) is 5. The van der Waals surface area contributed by atoms with Crippen LogP contribution < -0.4 is 4.74 Å². The molecule has 2 rings (SSSR count). The van der Waals surface area contributed by atoms with Crippen molar-refractivity contribution < 1.29 is 14.8 Å². The monoisotopic (exact) mass is 291 g/mol. The SMILES string of the molecule is COc1cccc(C(O)Cn2nc(C)c([N+](=O)[O-])c2C)c1. The van der Waals surface area contributed by atoms with E-state index < -0.39 is 11.0 Å². The molecule has 1 atom stereocenters. The van der Waals surface area contributed by atoms with Gasteiger partial charge in [0.05, 0.1) is 24.7 Å². The predicted octanol–water partition coefficient (Wildman–Crippen LogP) is 2.15. The molecule has 0 aliphatic carbocycles. The topological polar surface area (TPSA) is 90.4 Å². The molecule has 112 valence electrons. The Morgan fingerprint density at radius 1 is 1.48 bits per heavy atom. The first-order chi connectivity index (χ1) is 9.93. The van der Waals surface area contributed by atoms with Crippen molar-refractivity contribution in [2.24, 2.45) is 0 Å². The lowest BCUT2D eigenvalue weighted by Crippen LogP contribution is -2.11. The number of methoxy groups -OCH3 is 1. The van der Waals surface area contributed by atoms with Crippen molar-refractivity contribution in [1.29, 1.82) is 0 Å². The zero-order valence-electron chi connectivity index (χ0n) is 12.1. The van der Waals surface area contributed by atoms with E-state index in [2.05, 4.69) is 5.10 Å². The minimum absolute atomic E-state index is 0.00663. The molecule has 0 saturated heterocycles. The van der Waals surface area contributed by atoms with Gasteiger partial charge < -0.3 is 9.84 Å². The number of benzene rings is 1. The number of aliphatic hydroxyl groups excluding tert-OH is 1. The van der Waals surface area contributed by atoms with E-state index >= 15 is 0 Å². The molecule has 0 aliphatic rings. The van der Waals surface area contributed by atoms with E-state index in [0.29, 0.717) is 22.7 Å². The van der Waals surface area contributed by atoms with E-state index in [9.17, 15) is 15.2 Å². The van der Waals surface area contributed by atoms with E-state index in [-0.39, 0.29) is 12.2 Å². The van der Waals surface area contributed by atoms with Crippen LogP contribution in [-0.2, 0) is 6.54 Å². The Morgan fingerprint density at radius 3 is 2.76 bits per heavy atom. The summed E-state index contributed by atoms with van der Waals surface area (Å²) in [5, 5.41) is 25.4. The van der Waals surface area contributed by atoms with Crippen molar-refractivity contribution >= 4 is 5.69 Å². The van der Waals surface area contributed by atoms with Crippen molar-refractivity contribution in [3.63, 3.8) is 0 Å². The zero-order chi connectivity index (χ0) is 15.6. The summed E-state index contributed by atoms with van der Waals surface area (Å²) in [6.45, 7) is 3.35. The van der Waals surface area contributed by atoms with Crippen LogP contribution in [-0.4, -0.2) is 26.9 Å². The average Bonchev–Trinajstić information content (AvgIpc) is 2.73. The van der Waals surface area contributed by atoms with Gasteiger partial charge >= 0.3 is 5.69 Å². The molecule has 21 heavy (non-hydrogen) atoms. The molecular weight excluding hydrogens is 274 g/mol. The van der Waals surface area contributed by atoms with Gasteiger partial charge in [-0.05, 0) is 31.5 Å². The summed E-state index contributed by atoms with van der Waals surface area (Å²) >= 11 is 0. The van der Waals surface area contributed by atoms with Gasteiger partial charge in [0, 0.05) is 0 Å². The maximum absolute atomic E-state index is 11.0. The molecule has 1 aromatic heterocycles. The molecule has 0 aliphatic heterocycles. The van der Waals surface area contributed by atoms with Crippen molar-refractivity contribution in [3.8, 4) is 5.75 Å². The number of ether oxygens (including phenoxy) is 1. The minimum atomic E-state index is -0.822. The van der Waals surface area contributed by atoms with Crippen LogP contribution in [0.15, 0.2) is 24.3 Å². The third-order valence-corrected chi connectivity index (χ3v) is 3.35. The maximum Gasteiger partial charge on any atom is 0.312 e. The van der Waals surface area contributed by atoms with Gasteiger partial charge in [-0.3, -0.25) is 14.8 Å². The molecule has 7 nitrogen and oxygen atoms in total. The average molecular weight is 291 g/mol. The van der Waals surface area contributed by atoms with Gasteiger partial charge in [-0.15, -0.1) is 0 Å². The highest BCUT2D eigenvalue weighted by Crippen LogP contribution is 2.25. The van der Waals surface area contributed by atoms with Crippen LogP contribution in [0.2, 0.25) is 0 Å². The summed E-state index contributed by atoms with van der Waals surface area (Å²) in [6, 6.07) is 7.06. The second-order valence-electron chi connectivity index (χ2n) is 4.75. The molecule has 2 aromatic rings. The van der Waals surface area contributed by atoms with Gasteiger partial charge in [0.25, 0.3) is 0 Å². The van der Waals surface area contributed by atoms with Crippen LogP contribution in [0.5, 0.6) is 5.75 Å². The molecule has 1 unspecified atom stereocenters. The third kappa shape index (κ3) is 3.03. The number of aryl methyl sites for hydroxylation is 1. The van der Waals surface area contributed by atoms with Crippen molar-refractivity contribution in [2.45, 2.75) is 26.5 Å². The fraction of sp³-hybridized carbons (Fsp3) is 0.357. The van der Waals surface area contributed by atoms with Gasteiger partial charge in [0.15, 0.2) is 0 Å². The summed E-state index contributed by atoms with van der Waals surface area (Å²) in [6.07, 6.45) is -0.822. The summed E-state index contributed by atoms with van der Waals surface area (Å²) in [7, 11) is 1.55. The molecule has 1 heterocycles. The van der Waals surface area contributed by atoms with Gasteiger partial charge in [0.1, 0.15) is 17.1 Å². The highest BCUT2D eigenvalue weighted by atomic mass is 16.6. The Hall–Kier alpha value is -2.41. The van der Waals surface area contributed by atoms with E-state index in [0.717, 1.165) is 0 Å². The Morgan fingerprint density at radius 2 is 2.19 bits per heavy atom. The van der Waals surface area contributed by atoms with E-state index in [1.807, 2.05) is 0 Å². The summed E-state index contributed by atoms with van der Waals surface area (Å²) in [5.74, 6) is 0.644. The number of nitro groups is 1. The number of nitrogens with zero attached hydrogens (tertiary/aromatic N) is 3. The van der Waals surface area contributed by atoms with Gasteiger partial charge in [-0.2, -0.15) is 5.10 Å². The van der Waals surface area contributed by atoms with Crippen molar-refractivity contribution in [2.75, 3.05) is 7.11 Å². The van der Waals surface area contributed by atoms with Crippen molar-refractivity contribution in [1.82, 2.24) is 9.78 Å². The van der Waals surface area contributed by atoms with Crippen LogP contribution >= 0.6 is 0 Å². The van der Waals surface area contributed by atoms with Crippen molar-refractivity contribution in [3.05, 3.63) is 51.3 Å². The highest BCUT2D eigenvalue weighted by molar-refractivity contribution is 5.39. The van der Waals surface area contributed by atoms with Crippen LogP contribution in [0.1, 0.15) is 23.1 Å². The first-order valence-electron chi connectivity index (χ1n) is 6.44. The lowest BCUT2D eigenvalue weighted by Gasteiger charge is -2.13. The molecule has 0 radical (unpaired) electrons. The highest BCUT2D eigenvalue weighted by Gasteiger charge is 2.23. The normalized spacial score (nSPS) is 12.2. The number of aromatic nitrogens is 2. The fourth-order valence-electron chi connectivity index (χ4n) is 2.25. The van der Waals surface area contributed by atoms with Gasteiger partial charge in [-0.1, -0.05) is 12.1 Å². The second kappa shape index (κ2) is 5.92. The molecule has 7 heteroatoms. The van der Waals surface area contributed by atoms with Crippen LogP contribution in [0.25, 0.3) is 0 Å². The van der Waals surface area contributed by atoms with E-state index in [1.165, 1.54) is 4.68 Å². The molecule has 0 spiro atoms. The molecule has 1 aromatic carbocycles. The second-order valence-corrected chi connectivity index (χ2v) is 4.75. The lowest BCUT2D eigenvalue weighted by molar-refractivity contribution is -0.386. The van der Waals surface area contributed by atoms with Gasteiger partial charge in [-0.25, -0.2) is 0 Å². The van der Waals surface area contributed by atoms with Crippen LogP contribution in [0.4, 0.5) is 5.69 Å². The lowest BCUT2D eigenvalue weighted by atomic mass is 10.1. The van der Waals surface area contributed by atoms with Crippen LogP contribution in [0, 0.1) is 24.0 Å². The number of hydrogen-bond donors (Lipinski definition) is 1. The Kier molecular flexibility index (Phi) is 4.23. The predicted molar refractivity (Wildman–Crippen MR) is 76.3 cm³/mol. The summed E-state index contributed by atoms with van der Waals surface area (Å²) in [5.41, 5.74) is 1.44. The summed E-state index contributed by atoms with van der Waals surface area (Å²) in [4.78, 5) is 10.5. The third-order valence-electron chi connectivity index (χ3n) is 3.35. The fourth-order valence-corrected chi connectivity index (χ4v) is 2.25.